The van der Waals surface area contributed by atoms with Gasteiger partial charge in [0.2, 0.25) is 0 Å². The maximum absolute atomic E-state index is 12.8. The van der Waals surface area contributed by atoms with Crippen molar-refractivity contribution in [2.75, 3.05) is 20.6 Å². The summed E-state index contributed by atoms with van der Waals surface area (Å²) >= 11 is 1.45. The van der Waals surface area contributed by atoms with Gasteiger partial charge in [0.1, 0.15) is 10.7 Å². The molecule has 3 rings (SSSR count). The first kappa shape index (κ1) is 19.5. The van der Waals surface area contributed by atoms with E-state index in [9.17, 15) is 4.79 Å². The summed E-state index contributed by atoms with van der Waals surface area (Å²) in [5.41, 5.74) is 3.17. The number of aromatic nitrogens is 2. The first-order chi connectivity index (χ1) is 12.9. The Bertz CT molecular complexity index is 950. The molecule has 27 heavy (non-hydrogen) atoms. The first-order valence-corrected chi connectivity index (χ1v) is 9.91. The van der Waals surface area contributed by atoms with E-state index in [1.807, 2.05) is 53.1 Å². The normalized spacial score (nSPS) is 12.5. The largest absolute Gasteiger partial charge is 0.350 e. The highest BCUT2D eigenvalue weighted by atomic mass is 32.1. The molecular formula is C21H26N4OS. The number of carbonyl (C=O) groups excluding carboxylic acids is 1. The summed E-state index contributed by atoms with van der Waals surface area (Å²) in [6, 6.07) is 10.6. The summed E-state index contributed by atoms with van der Waals surface area (Å²) in [6.45, 7) is 6.43. The third-order valence-corrected chi connectivity index (χ3v) is 6.02. The molecule has 0 fully saturated rings. The Morgan fingerprint density at radius 1 is 1.15 bits per heavy atom. The standard InChI is InChI=1S/C21H26N4OS/c1-13-18-14(2)23-15(3)24-21(18)27-19(13)20(26)22-12-17(25(4)5)11-16-9-7-6-8-10-16/h6-10,17H,11-12H2,1-5H3,(H,22,26). The molecule has 0 radical (unpaired) electrons. The molecule has 0 spiro atoms. The average Bonchev–Trinajstić information content (AvgIpc) is 2.95. The van der Waals surface area contributed by atoms with E-state index in [1.165, 1.54) is 16.9 Å². The van der Waals surface area contributed by atoms with Gasteiger partial charge in [0.05, 0.1) is 4.88 Å². The number of hydrogen-bond acceptors (Lipinski definition) is 5. The van der Waals surface area contributed by atoms with Crippen molar-refractivity contribution in [1.82, 2.24) is 20.2 Å². The minimum Gasteiger partial charge on any atom is -0.350 e. The summed E-state index contributed by atoms with van der Waals surface area (Å²) in [5.74, 6) is 0.705. The summed E-state index contributed by atoms with van der Waals surface area (Å²) in [5, 5.41) is 4.12. The van der Waals surface area contributed by atoms with Crippen LogP contribution in [0.2, 0.25) is 0 Å². The summed E-state index contributed by atoms with van der Waals surface area (Å²) in [6.07, 6.45) is 0.892. The second kappa shape index (κ2) is 8.15. The SMILES string of the molecule is Cc1nc(C)c2c(C)c(C(=O)NCC(Cc3ccccc3)N(C)C)sc2n1. The fourth-order valence-corrected chi connectivity index (χ4v) is 4.50. The Morgan fingerprint density at radius 2 is 1.85 bits per heavy atom. The molecule has 2 aromatic heterocycles. The molecule has 0 saturated heterocycles. The van der Waals surface area contributed by atoms with Crippen LogP contribution in [0.3, 0.4) is 0 Å². The predicted molar refractivity (Wildman–Crippen MR) is 112 cm³/mol. The van der Waals surface area contributed by atoms with Gasteiger partial charge in [0.15, 0.2) is 0 Å². The van der Waals surface area contributed by atoms with Crippen LogP contribution in [0.15, 0.2) is 30.3 Å². The zero-order chi connectivity index (χ0) is 19.6. The number of benzene rings is 1. The van der Waals surface area contributed by atoms with E-state index < -0.39 is 0 Å². The van der Waals surface area contributed by atoms with Gasteiger partial charge >= 0.3 is 0 Å². The second-order valence-electron chi connectivity index (χ2n) is 7.11. The van der Waals surface area contributed by atoms with Crippen LogP contribution in [0.1, 0.15) is 32.3 Å². The molecule has 1 atom stereocenters. The Labute approximate surface area is 164 Å². The quantitative estimate of drug-likeness (QED) is 0.709. The molecular weight excluding hydrogens is 356 g/mol. The minimum absolute atomic E-state index is 0.0348. The number of thiophene rings is 1. The number of carbonyl (C=O) groups is 1. The maximum Gasteiger partial charge on any atom is 0.261 e. The zero-order valence-corrected chi connectivity index (χ0v) is 17.4. The third kappa shape index (κ3) is 4.34. The average molecular weight is 383 g/mol. The number of hydrogen-bond donors (Lipinski definition) is 1. The molecule has 142 valence electrons. The van der Waals surface area contributed by atoms with E-state index in [0.29, 0.717) is 6.54 Å². The lowest BCUT2D eigenvalue weighted by molar-refractivity contribution is 0.0945. The summed E-state index contributed by atoms with van der Waals surface area (Å²) < 4.78 is 0. The lowest BCUT2D eigenvalue weighted by atomic mass is 10.1. The van der Waals surface area contributed by atoms with Crippen molar-refractivity contribution < 1.29 is 4.79 Å². The van der Waals surface area contributed by atoms with Crippen molar-refractivity contribution in [1.29, 1.82) is 0 Å². The number of rotatable bonds is 6. The molecule has 6 heteroatoms. The number of fused-ring (bicyclic) bond motifs is 1. The van der Waals surface area contributed by atoms with Crippen molar-refractivity contribution >= 4 is 27.5 Å². The van der Waals surface area contributed by atoms with Gasteiger partial charge in [-0.25, -0.2) is 9.97 Å². The van der Waals surface area contributed by atoms with Gasteiger partial charge in [-0.05, 0) is 52.4 Å². The highest BCUT2D eigenvalue weighted by Gasteiger charge is 2.20. The molecule has 0 saturated carbocycles. The molecule has 1 unspecified atom stereocenters. The Morgan fingerprint density at radius 3 is 2.52 bits per heavy atom. The van der Waals surface area contributed by atoms with Gasteiger partial charge in [0.25, 0.3) is 5.91 Å². The number of likely N-dealkylation sites (N-methyl/N-ethyl adjacent to an activating group) is 1. The molecule has 1 N–H and O–H groups in total. The molecule has 0 bridgehead atoms. The predicted octanol–water partition coefficient (Wildman–Crippen LogP) is 3.52. The molecule has 0 aliphatic rings. The minimum atomic E-state index is -0.0348. The van der Waals surface area contributed by atoms with Crippen LogP contribution in [0.4, 0.5) is 0 Å². The number of aryl methyl sites for hydroxylation is 3. The Balaban J connectivity index is 1.75. The van der Waals surface area contributed by atoms with Crippen LogP contribution in [0.25, 0.3) is 10.2 Å². The van der Waals surface area contributed by atoms with E-state index in [1.54, 1.807) is 0 Å². The van der Waals surface area contributed by atoms with Crippen LogP contribution in [-0.4, -0.2) is 47.5 Å². The molecule has 3 aromatic rings. The summed E-state index contributed by atoms with van der Waals surface area (Å²) in [7, 11) is 4.10. The van der Waals surface area contributed by atoms with Crippen molar-refractivity contribution in [3.05, 3.63) is 57.9 Å². The molecule has 1 amide bonds. The van der Waals surface area contributed by atoms with Crippen LogP contribution in [0.5, 0.6) is 0 Å². The van der Waals surface area contributed by atoms with Crippen LogP contribution in [-0.2, 0) is 6.42 Å². The Kier molecular flexibility index (Phi) is 5.87. The lowest BCUT2D eigenvalue weighted by Crippen LogP contribution is -2.41. The summed E-state index contributed by atoms with van der Waals surface area (Å²) in [4.78, 5) is 25.5. The molecule has 5 nitrogen and oxygen atoms in total. The number of nitrogens with one attached hydrogen (secondary N) is 1. The molecule has 1 aromatic carbocycles. The number of nitrogens with zero attached hydrogens (tertiary/aromatic N) is 3. The van der Waals surface area contributed by atoms with Gasteiger partial charge in [-0.2, -0.15) is 0 Å². The van der Waals surface area contributed by atoms with Gasteiger partial charge in [0, 0.05) is 23.7 Å². The van der Waals surface area contributed by atoms with Gasteiger partial charge in [-0.1, -0.05) is 30.3 Å². The topological polar surface area (TPSA) is 58.1 Å². The second-order valence-corrected chi connectivity index (χ2v) is 8.11. The van der Waals surface area contributed by atoms with Gasteiger partial charge < -0.3 is 10.2 Å². The fourth-order valence-electron chi connectivity index (χ4n) is 3.30. The monoisotopic (exact) mass is 382 g/mol. The van der Waals surface area contributed by atoms with Crippen LogP contribution in [0, 0.1) is 20.8 Å². The zero-order valence-electron chi connectivity index (χ0n) is 16.5. The molecule has 0 aliphatic heterocycles. The van der Waals surface area contributed by atoms with Gasteiger partial charge in [-0.3, -0.25) is 4.79 Å². The third-order valence-electron chi connectivity index (χ3n) is 4.83. The lowest BCUT2D eigenvalue weighted by Gasteiger charge is -2.24. The van der Waals surface area contributed by atoms with E-state index in [0.717, 1.165) is 38.6 Å². The van der Waals surface area contributed by atoms with Crippen LogP contribution < -0.4 is 5.32 Å². The van der Waals surface area contributed by atoms with Crippen molar-refractivity contribution in [3.8, 4) is 0 Å². The highest BCUT2D eigenvalue weighted by molar-refractivity contribution is 7.20. The molecule has 0 aliphatic carbocycles. The maximum atomic E-state index is 12.8. The van der Waals surface area contributed by atoms with E-state index >= 15 is 0 Å². The highest BCUT2D eigenvalue weighted by Crippen LogP contribution is 2.31. The number of amides is 1. The smallest absolute Gasteiger partial charge is 0.261 e. The van der Waals surface area contributed by atoms with E-state index in [2.05, 4.69) is 32.3 Å². The van der Waals surface area contributed by atoms with Crippen LogP contribution >= 0.6 is 11.3 Å². The van der Waals surface area contributed by atoms with Crippen molar-refractivity contribution in [2.24, 2.45) is 0 Å². The Hall–Kier alpha value is -2.31. The van der Waals surface area contributed by atoms with E-state index in [4.69, 9.17) is 0 Å². The van der Waals surface area contributed by atoms with Crippen molar-refractivity contribution in [3.63, 3.8) is 0 Å². The fraction of sp³-hybridized carbons (Fsp3) is 0.381. The molecule has 2 heterocycles. The first-order valence-electron chi connectivity index (χ1n) is 9.09. The van der Waals surface area contributed by atoms with Gasteiger partial charge in [-0.15, -0.1) is 11.3 Å². The van der Waals surface area contributed by atoms with Crippen molar-refractivity contribution in [2.45, 2.75) is 33.2 Å². The van der Waals surface area contributed by atoms with E-state index in [-0.39, 0.29) is 11.9 Å².